The third-order valence-electron chi connectivity index (χ3n) is 4.19. The van der Waals surface area contributed by atoms with Crippen molar-refractivity contribution in [1.29, 1.82) is 0 Å². The van der Waals surface area contributed by atoms with Crippen LogP contribution in [0.3, 0.4) is 0 Å². The van der Waals surface area contributed by atoms with Gasteiger partial charge in [0.15, 0.2) is 0 Å². The Morgan fingerprint density at radius 1 is 1.19 bits per heavy atom. The first-order valence-corrected chi connectivity index (χ1v) is 8.58. The van der Waals surface area contributed by atoms with Crippen molar-refractivity contribution in [2.45, 2.75) is 60.5 Å². The van der Waals surface area contributed by atoms with Crippen molar-refractivity contribution in [2.75, 3.05) is 19.6 Å². The number of furan rings is 1. The minimum absolute atomic E-state index is 0.672. The first kappa shape index (κ1) is 18.2. The fraction of sp³-hybridized carbons (Fsp3) is 0.778. The molecule has 1 aromatic heterocycles. The summed E-state index contributed by atoms with van der Waals surface area (Å²) in [4.78, 5) is 2.54. The maximum atomic E-state index is 5.66. The van der Waals surface area contributed by atoms with E-state index in [-0.39, 0.29) is 0 Å². The second-order valence-electron chi connectivity index (χ2n) is 6.40. The Balaban J connectivity index is 2.54. The van der Waals surface area contributed by atoms with Crippen LogP contribution in [-0.2, 0) is 13.1 Å². The zero-order chi connectivity index (χ0) is 15.7. The van der Waals surface area contributed by atoms with E-state index in [1.54, 1.807) is 0 Å². The zero-order valence-corrected chi connectivity index (χ0v) is 14.6. The van der Waals surface area contributed by atoms with E-state index in [1.165, 1.54) is 24.9 Å². The molecule has 21 heavy (non-hydrogen) atoms. The smallest absolute Gasteiger partial charge is 0.122 e. The van der Waals surface area contributed by atoms with E-state index in [2.05, 4.69) is 50.9 Å². The number of rotatable bonds is 11. The van der Waals surface area contributed by atoms with E-state index in [4.69, 9.17) is 4.42 Å². The molecule has 0 saturated heterocycles. The first-order valence-electron chi connectivity index (χ1n) is 8.58. The van der Waals surface area contributed by atoms with E-state index >= 15 is 0 Å². The molecule has 0 aromatic carbocycles. The first-order chi connectivity index (χ1) is 10.1. The SMILES string of the molecule is CCC(CC)CN(CC)Cc1ccoc1CNCC(C)C. The molecule has 0 bridgehead atoms. The third-order valence-corrected chi connectivity index (χ3v) is 4.19. The molecule has 0 aliphatic rings. The van der Waals surface area contributed by atoms with E-state index in [0.29, 0.717) is 5.92 Å². The molecule has 3 heteroatoms. The molecule has 1 aromatic rings. The molecule has 1 rings (SSSR count). The summed E-state index contributed by atoms with van der Waals surface area (Å²) in [5, 5.41) is 3.47. The molecule has 0 saturated carbocycles. The Hall–Kier alpha value is -0.800. The summed E-state index contributed by atoms with van der Waals surface area (Å²) in [6, 6.07) is 2.13. The highest BCUT2D eigenvalue weighted by atomic mass is 16.3. The molecule has 0 atom stereocenters. The monoisotopic (exact) mass is 294 g/mol. The molecule has 1 N–H and O–H groups in total. The minimum atomic E-state index is 0.672. The molecule has 0 spiro atoms. The Bertz CT molecular complexity index is 369. The fourth-order valence-electron chi connectivity index (χ4n) is 2.60. The molecule has 0 radical (unpaired) electrons. The van der Waals surface area contributed by atoms with Crippen LogP contribution in [0.1, 0.15) is 58.8 Å². The van der Waals surface area contributed by atoms with Gasteiger partial charge in [0.1, 0.15) is 5.76 Å². The normalized spacial score (nSPS) is 12.0. The van der Waals surface area contributed by atoms with Gasteiger partial charge in [0.25, 0.3) is 0 Å². The Morgan fingerprint density at radius 2 is 1.90 bits per heavy atom. The summed E-state index contributed by atoms with van der Waals surface area (Å²) in [6.07, 6.45) is 4.36. The Labute approximate surface area is 131 Å². The number of nitrogens with one attached hydrogen (secondary N) is 1. The molecular weight excluding hydrogens is 260 g/mol. The van der Waals surface area contributed by atoms with Crippen molar-refractivity contribution in [2.24, 2.45) is 11.8 Å². The van der Waals surface area contributed by atoms with Crippen LogP contribution in [0.25, 0.3) is 0 Å². The van der Waals surface area contributed by atoms with Crippen molar-refractivity contribution in [1.82, 2.24) is 10.2 Å². The molecule has 1 heterocycles. The highest BCUT2D eigenvalue weighted by molar-refractivity contribution is 5.16. The average Bonchev–Trinajstić information content (AvgIpc) is 2.90. The predicted molar refractivity (Wildman–Crippen MR) is 90.3 cm³/mol. The standard InChI is InChI=1S/C18H34N2O/c1-6-16(7-2)13-20(8-3)14-17-9-10-21-18(17)12-19-11-15(4)5/h9-10,15-16,19H,6-8,11-14H2,1-5H3. The predicted octanol–water partition coefficient (Wildman–Crippen LogP) is 4.28. The number of hydrogen-bond donors (Lipinski definition) is 1. The van der Waals surface area contributed by atoms with Gasteiger partial charge in [0.05, 0.1) is 12.8 Å². The second kappa shape index (κ2) is 10.0. The Morgan fingerprint density at radius 3 is 2.48 bits per heavy atom. The largest absolute Gasteiger partial charge is 0.468 e. The van der Waals surface area contributed by atoms with Crippen molar-refractivity contribution in [3.8, 4) is 0 Å². The van der Waals surface area contributed by atoms with Crippen LogP contribution in [0, 0.1) is 11.8 Å². The summed E-state index contributed by atoms with van der Waals surface area (Å²) >= 11 is 0. The van der Waals surface area contributed by atoms with Gasteiger partial charge in [-0.15, -0.1) is 0 Å². The van der Waals surface area contributed by atoms with E-state index in [9.17, 15) is 0 Å². The molecule has 0 unspecified atom stereocenters. The lowest BCUT2D eigenvalue weighted by atomic mass is 10.0. The van der Waals surface area contributed by atoms with Gasteiger partial charge in [-0.05, 0) is 31.0 Å². The lowest BCUT2D eigenvalue weighted by Gasteiger charge is -2.25. The number of nitrogens with zero attached hydrogens (tertiary/aromatic N) is 1. The highest BCUT2D eigenvalue weighted by Gasteiger charge is 2.14. The molecule has 0 aliphatic carbocycles. The molecule has 122 valence electrons. The van der Waals surface area contributed by atoms with E-state index in [0.717, 1.165) is 37.9 Å². The maximum absolute atomic E-state index is 5.66. The van der Waals surface area contributed by atoms with Crippen LogP contribution < -0.4 is 5.32 Å². The fourth-order valence-corrected chi connectivity index (χ4v) is 2.60. The summed E-state index contributed by atoms with van der Waals surface area (Å²) in [6.45, 7) is 16.4. The van der Waals surface area contributed by atoms with E-state index < -0.39 is 0 Å². The van der Waals surface area contributed by atoms with E-state index in [1.807, 2.05) is 6.26 Å². The molecule has 3 nitrogen and oxygen atoms in total. The molecule has 0 fully saturated rings. The van der Waals surface area contributed by atoms with Gasteiger partial charge in [-0.3, -0.25) is 4.90 Å². The van der Waals surface area contributed by atoms with Gasteiger partial charge < -0.3 is 9.73 Å². The number of hydrogen-bond acceptors (Lipinski definition) is 3. The maximum Gasteiger partial charge on any atom is 0.122 e. The van der Waals surface area contributed by atoms with Gasteiger partial charge >= 0.3 is 0 Å². The van der Waals surface area contributed by atoms with Crippen LogP contribution in [0.5, 0.6) is 0 Å². The summed E-state index contributed by atoms with van der Waals surface area (Å²) in [7, 11) is 0. The van der Waals surface area contributed by atoms with Gasteiger partial charge in [-0.2, -0.15) is 0 Å². The van der Waals surface area contributed by atoms with Gasteiger partial charge in [0.2, 0.25) is 0 Å². The van der Waals surface area contributed by atoms with Crippen LogP contribution in [0.2, 0.25) is 0 Å². The van der Waals surface area contributed by atoms with Gasteiger partial charge in [-0.25, -0.2) is 0 Å². The van der Waals surface area contributed by atoms with Crippen LogP contribution in [0.15, 0.2) is 16.7 Å². The van der Waals surface area contributed by atoms with Crippen molar-refractivity contribution < 1.29 is 4.42 Å². The van der Waals surface area contributed by atoms with Gasteiger partial charge in [-0.1, -0.05) is 47.5 Å². The summed E-state index contributed by atoms with van der Waals surface area (Å²) in [5.41, 5.74) is 1.33. The lowest BCUT2D eigenvalue weighted by Crippen LogP contribution is -2.29. The van der Waals surface area contributed by atoms with Crippen LogP contribution in [-0.4, -0.2) is 24.5 Å². The molecule has 0 aliphatic heterocycles. The minimum Gasteiger partial charge on any atom is -0.468 e. The van der Waals surface area contributed by atoms with Crippen molar-refractivity contribution in [3.63, 3.8) is 0 Å². The zero-order valence-electron chi connectivity index (χ0n) is 14.6. The summed E-state index contributed by atoms with van der Waals surface area (Å²) < 4.78 is 5.66. The topological polar surface area (TPSA) is 28.4 Å². The lowest BCUT2D eigenvalue weighted by molar-refractivity contribution is 0.224. The molecular formula is C18H34N2O. The third kappa shape index (κ3) is 6.66. The van der Waals surface area contributed by atoms with Crippen LogP contribution in [0.4, 0.5) is 0 Å². The summed E-state index contributed by atoms with van der Waals surface area (Å²) in [5.74, 6) is 2.57. The molecule has 0 amide bonds. The average molecular weight is 294 g/mol. The van der Waals surface area contributed by atoms with Crippen LogP contribution >= 0.6 is 0 Å². The second-order valence-corrected chi connectivity index (χ2v) is 6.40. The van der Waals surface area contributed by atoms with Crippen molar-refractivity contribution in [3.05, 3.63) is 23.7 Å². The quantitative estimate of drug-likeness (QED) is 0.660. The highest BCUT2D eigenvalue weighted by Crippen LogP contribution is 2.16. The van der Waals surface area contributed by atoms with Gasteiger partial charge in [0, 0.05) is 18.7 Å². The Kier molecular flexibility index (Phi) is 8.70. The van der Waals surface area contributed by atoms with Crippen molar-refractivity contribution >= 4 is 0 Å².